The molecular formula is C22H31N3O3. The standard InChI is InChI=1S/C22H31N3O3/c1-14(21-8-16-7-17(9-21)11-22(28,10-16)13-21)23-12-20(27)25-19-6-4-3-5-18(19)24-15(2)26/h3-6,14,16-17,23,28H,7-13H2,1-2H3,(H,24,26)(H,25,27)/t14-,16-,17+,21?,22?/m1/s1. The van der Waals surface area contributed by atoms with Crippen LogP contribution in [0.15, 0.2) is 24.3 Å². The van der Waals surface area contributed by atoms with Gasteiger partial charge in [0.15, 0.2) is 0 Å². The minimum absolute atomic E-state index is 0.104. The zero-order valence-electron chi connectivity index (χ0n) is 16.8. The second-order valence-electron chi connectivity index (χ2n) is 9.43. The summed E-state index contributed by atoms with van der Waals surface area (Å²) < 4.78 is 0. The summed E-state index contributed by atoms with van der Waals surface area (Å²) in [6.45, 7) is 3.82. The molecule has 152 valence electrons. The van der Waals surface area contributed by atoms with E-state index in [4.69, 9.17) is 0 Å². The smallest absolute Gasteiger partial charge is 0.238 e. The van der Waals surface area contributed by atoms with Gasteiger partial charge >= 0.3 is 0 Å². The van der Waals surface area contributed by atoms with Crippen LogP contribution in [0, 0.1) is 17.3 Å². The topological polar surface area (TPSA) is 90.5 Å². The van der Waals surface area contributed by atoms with Crippen LogP contribution in [0.5, 0.6) is 0 Å². The lowest BCUT2D eigenvalue weighted by Crippen LogP contribution is -2.61. The fourth-order valence-corrected chi connectivity index (χ4v) is 6.34. The van der Waals surface area contributed by atoms with E-state index in [1.54, 1.807) is 12.1 Å². The number of hydrogen-bond donors (Lipinski definition) is 4. The number of aliphatic hydroxyl groups is 1. The first-order valence-electron chi connectivity index (χ1n) is 10.4. The molecule has 0 aromatic heterocycles. The molecule has 1 aromatic carbocycles. The van der Waals surface area contributed by atoms with Crippen molar-refractivity contribution in [2.45, 2.75) is 64.0 Å². The van der Waals surface area contributed by atoms with Gasteiger partial charge in [-0.2, -0.15) is 0 Å². The molecule has 5 rings (SSSR count). The average Bonchev–Trinajstić information content (AvgIpc) is 2.59. The van der Waals surface area contributed by atoms with E-state index in [2.05, 4.69) is 22.9 Å². The third kappa shape index (κ3) is 3.80. The van der Waals surface area contributed by atoms with Crippen LogP contribution in [0.2, 0.25) is 0 Å². The number of carbonyl (C=O) groups is 2. The number of anilines is 2. The summed E-state index contributed by atoms with van der Waals surface area (Å²) in [6.07, 6.45) is 6.35. The Morgan fingerprint density at radius 1 is 1.11 bits per heavy atom. The molecule has 0 heterocycles. The van der Waals surface area contributed by atoms with Crippen molar-refractivity contribution in [1.29, 1.82) is 0 Å². The zero-order valence-corrected chi connectivity index (χ0v) is 16.8. The van der Waals surface area contributed by atoms with Crippen molar-refractivity contribution in [2.75, 3.05) is 17.2 Å². The molecule has 4 fully saturated rings. The molecule has 6 nitrogen and oxygen atoms in total. The van der Waals surface area contributed by atoms with E-state index in [0.717, 1.165) is 32.1 Å². The quantitative estimate of drug-likeness (QED) is 0.606. The van der Waals surface area contributed by atoms with Crippen LogP contribution in [0.25, 0.3) is 0 Å². The highest BCUT2D eigenvalue weighted by molar-refractivity contribution is 5.99. The lowest BCUT2D eigenvalue weighted by atomic mass is 9.46. The number of hydrogen-bond acceptors (Lipinski definition) is 4. The number of para-hydroxylation sites is 2. The number of rotatable bonds is 6. The van der Waals surface area contributed by atoms with Crippen molar-refractivity contribution in [2.24, 2.45) is 17.3 Å². The fourth-order valence-electron chi connectivity index (χ4n) is 6.34. The van der Waals surface area contributed by atoms with Gasteiger partial charge in [-0.25, -0.2) is 0 Å². The largest absolute Gasteiger partial charge is 0.390 e. The van der Waals surface area contributed by atoms with E-state index in [1.165, 1.54) is 13.3 Å². The van der Waals surface area contributed by atoms with Crippen LogP contribution in [-0.4, -0.2) is 35.1 Å². The molecule has 0 spiro atoms. The lowest BCUT2D eigenvalue weighted by molar-refractivity contribution is -0.171. The van der Waals surface area contributed by atoms with Crippen LogP contribution in [0.4, 0.5) is 11.4 Å². The van der Waals surface area contributed by atoms with Gasteiger partial charge in [-0.15, -0.1) is 0 Å². The predicted molar refractivity (Wildman–Crippen MR) is 109 cm³/mol. The summed E-state index contributed by atoms with van der Waals surface area (Å²) >= 11 is 0. The van der Waals surface area contributed by atoms with E-state index >= 15 is 0 Å². The Morgan fingerprint density at radius 3 is 2.29 bits per heavy atom. The Bertz CT molecular complexity index is 764. The molecular weight excluding hydrogens is 354 g/mol. The van der Waals surface area contributed by atoms with E-state index in [9.17, 15) is 14.7 Å². The Kier molecular flexibility index (Phi) is 4.96. The molecule has 0 radical (unpaired) electrons. The molecule has 4 aliphatic carbocycles. The molecule has 5 atom stereocenters. The summed E-state index contributed by atoms with van der Waals surface area (Å²) in [7, 11) is 0. The first-order chi connectivity index (χ1) is 13.3. The predicted octanol–water partition coefficient (Wildman–Crippen LogP) is 2.89. The molecule has 2 unspecified atom stereocenters. The van der Waals surface area contributed by atoms with Gasteiger partial charge in [0.25, 0.3) is 0 Å². The molecule has 4 aliphatic rings. The minimum atomic E-state index is -0.487. The van der Waals surface area contributed by atoms with Gasteiger partial charge in [-0.3, -0.25) is 9.59 Å². The Morgan fingerprint density at radius 2 is 1.71 bits per heavy atom. The first-order valence-corrected chi connectivity index (χ1v) is 10.4. The van der Waals surface area contributed by atoms with E-state index in [0.29, 0.717) is 23.2 Å². The molecule has 0 saturated heterocycles. The summed E-state index contributed by atoms with van der Waals surface area (Å²) in [4.78, 5) is 23.9. The maximum absolute atomic E-state index is 12.5. The Hall–Kier alpha value is -1.92. The Balaban J connectivity index is 1.36. The molecule has 4 bridgehead atoms. The van der Waals surface area contributed by atoms with Gasteiger partial charge in [-0.05, 0) is 74.8 Å². The molecule has 2 amide bonds. The summed E-state index contributed by atoms with van der Waals surface area (Å²) in [6, 6.07) is 7.37. The zero-order chi connectivity index (χ0) is 19.9. The average molecular weight is 386 g/mol. The van der Waals surface area contributed by atoms with Crippen molar-refractivity contribution in [3.8, 4) is 0 Å². The van der Waals surface area contributed by atoms with Crippen LogP contribution in [0.3, 0.4) is 0 Å². The second-order valence-corrected chi connectivity index (χ2v) is 9.43. The number of carbonyl (C=O) groups excluding carboxylic acids is 2. The van der Waals surface area contributed by atoms with Gasteiger partial charge in [0, 0.05) is 13.0 Å². The normalized spacial score (nSPS) is 34.1. The van der Waals surface area contributed by atoms with Crippen molar-refractivity contribution < 1.29 is 14.7 Å². The first kappa shape index (κ1) is 19.4. The minimum Gasteiger partial charge on any atom is -0.390 e. The van der Waals surface area contributed by atoms with Crippen molar-refractivity contribution in [1.82, 2.24) is 5.32 Å². The summed E-state index contributed by atoms with van der Waals surface area (Å²) in [5, 5.41) is 20.0. The highest BCUT2D eigenvalue weighted by Crippen LogP contribution is 2.62. The van der Waals surface area contributed by atoms with Gasteiger partial charge in [-0.1, -0.05) is 12.1 Å². The molecule has 4 N–H and O–H groups in total. The Labute approximate surface area is 166 Å². The third-order valence-electron chi connectivity index (χ3n) is 7.07. The monoisotopic (exact) mass is 385 g/mol. The maximum Gasteiger partial charge on any atom is 0.238 e. The summed E-state index contributed by atoms with van der Waals surface area (Å²) in [5.41, 5.74) is 0.813. The highest BCUT2D eigenvalue weighted by Gasteiger charge is 2.58. The van der Waals surface area contributed by atoms with E-state index in [1.807, 2.05) is 12.1 Å². The number of amides is 2. The number of nitrogens with one attached hydrogen (secondary N) is 3. The van der Waals surface area contributed by atoms with Crippen LogP contribution in [-0.2, 0) is 9.59 Å². The molecule has 1 aromatic rings. The summed E-state index contributed by atoms with van der Waals surface area (Å²) in [5.74, 6) is 0.962. The van der Waals surface area contributed by atoms with Crippen LogP contribution in [0.1, 0.15) is 52.4 Å². The molecule has 6 heteroatoms. The van der Waals surface area contributed by atoms with Crippen molar-refractivity contribution >= 4 is 23.2 Å². The van der Waals surface area contributed by atoms with Gasteiger partial charge < -0.3 is 21.1 Å². The molecule has 0 aliphatic heterocycles. The second kappa shape index (κ2) is 7.16. The SMILES string of the molecule is CC(=O)Nc1ccccc1NC(=O)CN[C@H](C)C12C[C@@H]3C[C@@H](CC(O)(C3)C1)C2. The van der Waals surface area contributed by atoms with Crippen LogP contribution < -0.4 is 16.0 Å². The fraction of sp³-hybridized carbons (Fsp3) is 0.636. The van der Waals surface area contributed by atoms with Gasteiger partial charge in [0.1, 0.15) is 0 Å². The lowest BCUT2D eigenvalue weighted by Gasteiger charge is -2.62. The van der Waals surface area contributed by atoms with Crippen molar-refractivity contribution in [3.05, 3.63) is 24.3 Å². The molecule has 4 saturated carbocycles. The highest BCUT2D eigenvalue weighted by atomic mass is 16.3. The van der Waals surface area contributed by atoms with Gasteiger partial charge in [0.05, 0.1) is 23.5 Å². The van der Waals surface area contributed by atoms with Crippen LogP contribution >= 0.6 is 0 Å². The third-order valence-corrected chi connectivity index (χ3v) is 7.07. The number of benzene rings is 1. The van der Waals surface area contributed by atoms with Gasteiger partial charge in [0.2, 0.25) is 11.8 Å². The van der Waals surface area contributed by atoms with E-state index < -0.39 is 5.60 Å². The molecule has 28 heavy (non-hydrogen) atoms. The van der Waals surface area contributed by atoms with Crippen molar-refractivity contribution in [3.63, 3.8) is 0 Å². The van der Waals surface area contributed by atoms with E-state index in [-0.39, 0.29) is 29.8 Å². The maximum atomic E-state index is 12.5.